The Bertz CT molecular complexity index is 292. The van der Waals surface area contributed by atoms with Crippen LogP contribution in [0.4, 0.5) is 13.2 Å². The zero-order chi connectivity index (χ0) is 10.8. The third kappa shape index (κ3) is 3.23. The van der Waals surface area contributed by atoms with Crippen molar-refractivity contribution in [1.29, 1.82) is 0 Å². The second-order valence-corrected chi connectivity index (χ2v) is 2.49. The molecule has 14 heavy (non-hydrogen) atoms. The fraction of sp³-hybridized carbons (Fsp3) is 0.250. The first-order valence-electron chi connectivity index (χ1n) is 3.60. The molecule has 0 saturated carbocycles. The van der Waals surface area contributed by atoms with Gasteiger partial charge in [-0.1, -0.05) is 12.1 Å². The van der Waals surface area contributed by atoms with Crippen LogP contribution in [0.15, 0.2) is 24.3 Å². The number of alkyl halides is 3. The van der Waals surface area contributed by atoms with Gasteiger partial charge in [0.2, 0.25) is 0 Å². The van der Waals surface area contributed by atoms with E-state index in [9.17, 15) is 13.2 Å². The van der Waals surface area contributed by atoms with E-state index in [-0.39, 0.29) is 5.56 Å². The maximum Gasteiger partial charge on any atom is 0.573 e. The van der Waals surface area contributed by atoms with Crippen molar-refractivity contribution in [2.45, 2.75) is 12.7 Å². The number of aliphatic hydroxyl groups is 2. The average molecular weight is 208 g/mol. The number of halogens is 3. The van der Waals surface area contributed by atoms with Crippen molar-refractivity contribution in [2.24, 2.45) is 0 Å². The molecule has 0 saturated heterocycles. The van der Waals surface area contributed by atoms with E-state index in [0.29, 0.717) is 0 Å². The molecule has 0 aromatic heterocycles. The Morgan fingerprint density at radius 2 is 1.57 bits per heavy atom. The maximum absolute atomic E-state index is 11.7. The van der Waals surface area contributed by atoms with Gasteiger partial charge in [-0.3, -0.25) is 0 Å². The van der Waals surface area contributed by atoms with E-state index in [0.717, 1.165) is 24.3 Å². The molecule has 0 amide bonds. The van der Waals surface area contributed by atoms with Crippen LogP contribution in [0.5, 0.6) is 5.75 Å². The van der Waals surface area contributed by atoms with E-state index in [1.54, 1.807) is 0 Å². The summed E-state index contributed by atoms with van der Waals surface area (Å²) >= 11 is 0. The predicted octanol–water partition coefficient (Wildman–Crippen LogP) is 1.57. The molecule has 0 bridgehead atoms. The number of ether oxygens (including phenoxy) is 1. The summed E-state index contributed by atoms with van der Waals surface area (Å²) in [5, 5.41) is 17.3. The molecule has 78 valence electrons. The van der Waals surface area contributed by atoms with Gasteiger partial charge in [-0.2, -0.15) is 0 Å². The molecule has 0 aliphatic heterocycles. The van der Waals surface area contributed by atoms with E-state index < -0.39 is 18.4 Å². The van der Waals surface area contributed by atoms with Crippen molar-refractivity contribution in [3.05, 3.63) is 29.8 Å². The quantitative estimate of drug-likeness (QED) is 0.725. The van der Waals surface area contributed by atoms with Crippen LogP contribution >= 0.6 is 0 Å². The van der Waals surface area contributed by atoms with Crippen molar-refractivity contribution in [3.63, 3.8) is 0 Å². The Kier molecular flexibility index (Phi) is 2.97. The van der Waals surface area contributed by atoms with Gasteiger partial charge in [0.15, 0.2) is 6.29 Å². The highest BCUT2D eigenvalue weighted by Gasteiger charge is 2.30. The Labute approximate surface area is 77.4 Å². The van der Waals surface area contributed by atoms with Crippen LogP contribution in [0.25, 0.3) is 0 Å². The van der Waals surface area contributed by atoms with Crippen LogP contribution in [-0.4, -0.2) is 16.6 Å². The number of hydrogen-bond donors (Lipinski definition) is 2. The van der Waals surface area contributed by atoms with Gasteiger partial charge in [0.25, 0.3) is 0 Å². The van der Waals surface area contributed by atoms with Crippen molar-refractivity contribution in [2.75, 3.05) is 0 Å². The first kappa shape index (κ1) is 10.8. The molecular formula is C8H7F3O3. The van der Waals surface area contributed by atoms with Crippen molar-refractivity contribution in [3.8, 4) is 5.75 Å². The van der Waals surface area contributed by atoms with E-state index >= 15 is 0 Å². The Hall–Kier alpha value is -1.27. The van der Waals surface area contributed by atoms with Crippen molar-refractivity contribution < 1.29 is 28.1 Å². The van der Waals surface area contributed by atoms with Gasteiger partial charge in [-0.05, 0) is 12.1 Å². The highest BCUT2D eigenvalue weighted by Crippen LogP contribution is 2.23. The van der Waals surface area contributed by atoms with Gasteiger partial charge < -0.3 is 14.9 Å². The van der Waals surface area contributed by atoms with E-state index in [1.807, 2.05) is 0 Å². The normalized spacial score (nSPS) is 11.9. The van der Waals surface area contributed by atoms with Gasteiger partial charge in [-0.15, -0.1) is 13.2 Å². The van der Waals surface area contributed by atoms with Crippen molar-refractivity contribution in [1.82, 2.24) is 0 Å². The summed E-state index contributed by atoms with van der Waals surface area (Å²) < 4.78 is 38.6. The summed E-state index contributed by atoms with van der Waals surface area (Å²) in [6.07, 6.45) is -6.44. The summed E-state index contributed by atoms with van der Waals surface area (Å²) in [6, 6.07) is 4.27. The molecule has 0 aliphatic rings. The van der Waals surface area contributed by atoms with Crippen LogP contribution < -0.4 is 4.74 Å². The van der Waals surface area contributed by atoms with Crippen LogP contribution in [0, 0.1) is 0 Å². The van der Waals surface area contributed by atoms with Crippen LogP contribution in [-0.2, 0) is 0 Å². The van der Waals surface area contributed by atoms with Crippen LogP contribution in [0.1, 0.15) is 11.9 Å². The molecule has 1 aromatic carbocycles. The van der Waals surface area contributed by atoms with Gasteiger partial charge in [0.1, 0.15) is 5.75 Å². The lowest BCUT2D eigenvalue weighted by atomic mass is 10.2. The molecule has 0 fully saturated rings. The largest absolute Gasteiger partial charge is 0.573 e. The highest BCUT2D eigenvalue weighted by molar-refractivity contribution is 5.27. The third-order valence-electron chi connectivity index (χ3n) is 1.41. The molecular weight excluding hydrogens is 201 g/mol. The first-order valence-corrected chi connectivity index (χ1v) is 3.60. The predicted molar refractivity (Wildman–Crippen MR) is 40.3 cm³/mol. The molecule has 3 nitrogen and oxygen atoms in total. The van der Waals surface area contributed by atoms with Crippen molar-refractivity contribution >= 4 is 0 Å². The van der Waals surface area contributed by atoms with E-state index in [4.69, 9.17) is 10.2 Å². The molecule has 0 atom stereocenters. The lowest BCUT2D eigenvalue weighted by molar-refractivity contribution is -0.274. The SMILES string of the molecule is OC(O)c1ccc(OC(F)(F)F)cc1. The van der Waals surface area contributed by atoms with E-state index in [1.165, 1.54) is 0 Å². The Balaban J connectivity index is 2.74. The molecule has 1 aromatic rings. The van der Waals surface area contributed by atoms with Crippen LogP contribution in [0.2, 0.25) is 0 Å². The Morgan fingerprint density at radius 3 is 1.93 bits per heavy atom. The second kappa shape index (κ2) is 3.85. The highest BCUT2D eigenvalue weighted by atomic mass is 19.4. The lowest BCUT2D eigenvalue weighted by Gasteiger charge is -2.09. The van der Waals surface area contributed by atoms with Gasteiger partial charge >= 0.3 is 6.36 Å². The molecule has 0 aliphatic carbocycles. The summed E-state index contributed by atoms with van der Waals surface area (Å²) in [7, 11) is 0. The third-order valence-corrected chi connectivity index (χ3v) is 1.41. The zero-order valence-electron chi connectivity index (χ0n) is 6.82. The van der Waals surface area contributed by atoms with Crippen LogP contribution in [0.3, 0.4) is 0 Å². The zero-order valence-corrected chi connectivity index (χ0v) is 6.82. The monoisotopic (exact) mass is 208 g/mol. The minimum atomic E-state index is -4.74. The summed E-state index contributed by atoms with van der Waals surface area (Å²) in [5.74, 6) is -0.401. The molecule has 1 rings (SSSR count). The fourth-order valence-electron chi connectivity index (χ4n) is 0.842. The molecule has 2 N–H and O–H groups in total. The Morgan fingerprint density at radius 1 is 1.07 bits per heavy atom. The average Bonchev–Trinajstić information content (AvgIpc) is 2.02. The lowest BCUT2D eigenvalue weighted by Crippen LogP contribution is -2.17. The topological polar surface area (TPSA) is 49.7 Å². The number of benzene rings is 1. The maximum atomic E-state index is 11.7. The number of rotatable bonds is 2. The van der Waals surface area contributed by atoms with Gasteiger partial charge in [0, 0.05) is 5.56 Å². The second-order valence-electron chi connectivity index (χ2n) is 2.49. The fourth-order valence-corrected chi connectivity index (χ4v) is 0.842. The number of aliphatic hydroxyl groups excluding tert-OH is 1. The summed E-state index contributed by atoms with van der Waals surface area (Å²) in [5.41, 5.74) is 0.0968. The number of hydrogen-bond acceptors (Lipinski definition) is 3. The standard InChI is InChI=1S/C8H7F3O3/c9-8(10,11)14-6-3-1-5(2-4-6)7(12)13/h1-4,7,12-13H. The molecule has 0 unspecified atom stereocenters. The van der Waals surface area contributed by atoms with Gasteiger partial charge in [0.05, 0.1) is 0 Å². The minimum Gasteiger partial charge on any atom is -0.406 e. The smallest absolute Gasteiger partial charge is 0.406 e. The van der Waals surface area contributed by atoms with Gasteiger partial charge in [-0.25, -0.2) is 0 Å². The molecule has 0 heterocycles. The molecule has 0 radical (unpaired) electrons. The first-order chi connectivity index (χ1) is 6.38. The summed E-state index contributed by atoms with van der Waals surface area (Å²) in [4.78, 5) is 0. The molecule has 6 heteroatoms. The summed E-state index contributed by atoms with van der Waals surface area (Å²) in [6.45, 7) is 0. The van der Waals surface area contributed by atoms with E-state index in [2.05, 4.69) is 4.74 Å². The molecule has 0 spiro atoms. The minimum absolute atomic E-state index is 0.0968.